The number of nitrogens with zero attached hydrogens (tertiary/aromatic N) is 3. The molecule has 3 aromatic carbocycles. The zero-order chi connectivity index (χ0) is 32.0. The Balaban J connectivity index is 1.23. The minimum Gasteiger partial charge on any atom is -0.432 e. The molecule has 2 heterocycles. The van der Waals surface area contributed by atoms with Gasteiger partial charge in [-0.05, 0) is 60.7 Å². The van der Waals surface area contributed by atoms with Crippen LogP contribution in [0.2, 0.25) is 18.6 Å². The first-order valence-corrected chi connectivity index (χ1v) is 19.0. The van der Waals surface area contributed by atoms with E-state index in [9.17, 15) is 19.5 Å². The van der Waals surface area contributed by atoms with E-state index in [-0.39, 0.29) is 55.1 Å². The van der Waals surface area contributed by atoms with Crippen molar-refractivity contribution in [2.45, 2.75) is 76.4 Å². The number of aryl methyl sites for hydroxylation is 1. The predicted octanol–water partition coefficient (Wildman–Crippen LogP) is 5.53. The van der Waals surface area contributed by atoms with Gasteiger partial charge in [0.05, 0.1) is 36.6 Å². The Morgan fingerprint density at radius 1 is 0.956 bits per heavy atom. The Morgan fingerprint density at radius 2 is 1.62 bits per heavy atom. The van der Waals surface area contributed by atoms with E-state index in [0.29, 0.717) is 19.4 Å². The monoisotopic (exact) mass is 627 g/mol. The minimum atomic E-state index is -2.65. The second-order valence-corrected chi connectivity index (χ2v) is 16.8. The van der Waals surface area contributed by atoms with Gasteiger partial charge in [0.2, 0.25) is 11.8 Å². The molecule has 0 bridgehead atoms. The van der Waals surface area contributed by atoms with Crippen LogP contribution in [0.4, 0.5) is 5.69 Å². The maximum atomic E-state index is 13.5. The van der Waals surface area contributed by atoms with Gasteiger partial charge in [0.15, 0.2) is 8.32 Å². The van der Waals surface area contributed by atoms with E-state index < -0.39 is 8.32 Å². The number of rotatable bonds is 12. The maximum absolute atomic E-state index is 13.5. The summed E-state index contributed by atoms with van der Waals surface area (Å²) in [7, 11) is -2.65. The topological polar surface area (TPSA) is 103 Å². The van der Waals surface area contributed by atoms with Crippen LogP contribution >= 0.6 is 0 Å². The molecule has 0 saturated carbocycles. The summed E-state index contributed by atoms with van der Waals surface area (Å²) in [6, 6.07) is 27.7. The number of hydrazone groups is 1. The van der Waals surface area contributed by atoms with Crippen molar-refractivity contribution in [3.8, 4) is 0 Å². The number of aliphatic hydroxyl groups is 1. The fourth-order valence-corrected chi connectivity index (χ4v) is 9.44. The largest absolute Gasteiger partial charge is 0.432 e. The molecule has 3 aromatic rings. The number of amides is 2. The van der Waals surface area contributed by atoms with E-state index in [2.05, 4.69) is 12.0 Å². The Bertz CT molecular complexity index is 1460. The molecule has 9 heteroatoms. The van der Waals surface area contributed by atoms with Gasteiger partial charge >= 0.3 is 0 Å². The van der Waals surface area contributed by atoms with Gasteiger partial charge in [-0.25, -0.2) is 5.01 Å². The minimum absolute atomic E-state index is 0.0145. The molecular weight excluding hydrogens is 582 g/mol. The lowest BCUT2D eigenvalue weighted by atomic mass is 9.95. The molecule has 8 nitrogen and oxygen atoms in total. The molecule has 0 radical (unpaired) electrons. The maximum Gasteiger partial charge on any atom is 0.247 e. The van der Waals surface area contributed by atoms with E-state index in [4.69, 9.17) is 4.74 Å². The second-order valence-electron chi connectivity index (χ2n) is 12.8. The lowest BCUT2D eigenvalue weighted by Gasteiger charge is -2.31. The van der Waals surface area contributed by atoms with E-state index in [1.54, 1.807) is 4.90 Å². The number of hydrogen-bond acceptors (Lipinski definition) is 6. The van der Waals surface area contributed by atoms with E-state index >= 15 is 0 Å². The van der Waals surface area contributed by atoms with Crippen molar-refractivity contribution < 1.29 is 24.2 Å². The van der Waals surface area contributed by atoms with Crippen LogP contribution in [0, 0.1) is 5.92 Å². The number of aliphatic hydroxyl groups excluding tert-OH is 1. The molecule has 2 aliphatic rings. The molecule has 0 spiro atoms. The Hall–Kier alpha value is -3.63. The zero-order valence-corrected chi connectivity index (χ0v) is 27.5. The first-order valence-electron chi connectivity index (χ1n) is 16.0. The Labute approximate surface area is 267 Å². The van der Waals surface area contributed by atoms with Gasteiger partial charge in [0, 0.05) is 31.5 Å². The summed E-state index contributed by atoms with van der Waals surface area (Å²) in [6.07, 6.45) is 2.30. The molecule has 45 heavy (non-hydrogen) atoms. The molecule has 4 atom stereocenters. The van der Waals surface area contributed by atoms with E-state index in [1.165, 1.54) is 5.01 Å². The van der Waals surface area contributed by atoms with Gasteiger partial charge in [0.1, 0.15) is 0 Å². The fourth-order valence-electron chi connectivity index (χ4n) is 6.83. The number of carbonyl (C=O) groups excluding carboxylic acids is 2. The second kappa shape index (κ2) is 14.6. The zero-order valence-electron chi connectivity index (χ0n) is 26.5. The number of anilines is 1. The van der Waals surface area contributed by atoms with Crippen molar-refractivity contribution in [2.24, 2.45) is 11.0 Å². The summed E-state index contributed by atoms with van der Waals surface area (Å²) in [5, 5.41) is 15.8. The molecule has 2 amide bonds. The summed E-state index contributed by atoms with van der Waals surface area (Å²) >= 11 is 0. The first-order chi connectivity index (χ1) is 21.6. The van der Waals surface area contributed by atoms with Gasteiger partial charge in [-0.1, -0.05) is 79.7 Å². The molecule has 2 aliphatic heterocycles. The van der Waals surface area contributed by atoms with Crippen LogP contribution in [0.5, 0.6) is 0 Å². The summed E-state index contributed by atoms with van der Waals surface area (Å²) in [5.74, 6) is 0.0140. The average Bonchev–Trinajstić information content (AvgIpc) is 3.36. The Kier molecular flexibility index (Phi) is 10.7. The third-order valence-electron chi connectivity index (χ3n) is 9.07. The highest BCUT2D eigenvalue weighted by atomic mass is 28.4. The molecule has 0 aliphatic carbocycles. The predicted molar refractivity (Wildman–Crippen MR) is 179 cm³/mol. The van der Waals surface area contributed by atoms with Crippen LogP contribution < -0.4 is 5.01 Å². The standard InChI is InChI=1S/C36H45N3O5Si/c1-26-32(44-33(36(26)45(2,3)43)24-35(42)38(22-23-40)25-28-10-6-4-7-11-28)20-16-27-14-17-30(18-15-27)39-34(41)21-19-31(37-39)29-12-8-5-9-13-29/h4-15,17-18,26,32-33,36,40,43H,16,19-25H2,1-3H3/t26-,32+,33-,36+/m0/s1. The molecule has 1 saturated heterocycles. The quantitative estimate of drug-likeness (QED) is 0.257. The number of hydrogen-bond donors (Lipinski definition) is 2. The van der Waals surface area contributed by atoms with Gasteiger partial charge in [-0.2, -0.15) is 5.10 Å². The normalized spacial score (nSPS) is 21.9. The van der Waals surface area contributed by atoms with Crippen molar-refractivity contribution in [1.29, 1.82) is 0 Å². The summed E-state index contributed by atoms with van der Waals surface area (Å²) in [4.78, 5) is 39.2. The van der Waals surface area contributed by atoms with Crippen LogP contribution in [0.25, 0.3) is 0 Å². The molecule has 238 valence electrons. The highest BCUT2D eigenvalue weighted by Crippen LogP contribution is 2.45. The lowest BCUT2D eigenvalue weighted by Crippen LogP contribution is -2.42. The fraction of sp³-hybridized carbons (Fsp3) is 0.417. The third kappa shape index (κ3) is 8.15. The number of carbonyl (C=O) groups is 2. The van der Waals surface area contributed by atoms with Crippen molar-refractivity contribution in [2.75, 3.05) is 18.2 Å². The van der Waals surface area contributed by atoms with Gasteiger partial charge in [0.25, 0.3) is 0 Å². The van der Waals surface area contributed by atoms with Crippen LogP contribution in [-0.4, -0.2) is 66.0 Å². The number of ether oxygens (including phenoxy) is 1. The molecular formula is C36H45N3O5Si. The molecule has 1 fully saturated rings. The number of benzene rings is 3. The first kappa shape index (κ1) is 32.8. The SMILES string of the molecule is C[C@@H]1[C@@H]([Si](C)(C)O)[C@H](CC(=O)N(CCO)Cc2ccccc2)O[C@@H]1CCc1ccc(N2N=C(c3ccccc3)CCC2=O)cc1. The molecule has 0 aromatic heterocycles. The van der Waals surface area contributed by atoms with Crippen LogP contribution in [0.15, 0.2) is 90.0 Å². The smallest absolute Gasteiger partial charge is 0.247 e. The summed E-state index contributed by atoms with van der Waals surface area (Å²) < 4.78 is 6.56. The van der Waals surface area contributed by atoms with Crippen LogP contribution in [0.3, 0.4) is 0 Å². The molecule has 2 N–H and O–H groups in total. The van der Waals surface area contributed by atoms with Gasteiger partial charge < -0.3 is 19.5 Å². The highest BCUT2D eigenvalue weighted by molar-refractivity contribution is 6.71. The lowest BCUT2D eigenvalue weighted by molar-refractivity contribution is -0.135. The highest BCUT2D eigenvalue weighted by Gasteiger charge is 2.50. The van der Waals surface area contributed by atoms with Crippen molar-refractivity contribution in [1.82, 2.24) is 4.90 Å². The van der Waals surface area contributed by atoms with Crippen molar-refractivity contribution in [3.63, 3.8) is 0 Å². The van der Waals surface area contributed by atoms with Crippen LogP contribution in [-0.2, 0) is 27.3 Å². The van der Waals surface area contributed by atoms with Gasteiger partial charge in [-0.15, -0.1) is 0 Å². The molecule has 5 rings (SSSR count). The third-order valence-corrected chi connectivity index (χ3v) is 11.6. The summed E-state index contributed by atoms with van der Waals surface area (Å²) in [6.45, 7) is 6.56. The van der Waals surface area contributed by atoms with Crippen LogP contribution in [0.1, 0.15) is 49.3 Å². The van der Waals surface area contributed by atoms with E-state index in [1.807, 2.05) is 98.0 Å². The van der Waals surface area contributed by atoms with E-state index in [0.717, 1.165) is 40.9 Å². The van der Waals surface area contributed by atoms with Crippen molar-refractivity contribution in [3.05, 3.63) is 102 Å². The summed E-state index contributed by atoms with van der Waals surface area (Å²) in [5.41, 5.74) is 4.73. The van der Waals surface area contributed by atoms with Gasteiger partial charge in [-0.3, -0.25) is 9.59 Å². The Morgan fingerprint density at radius 3 is 2.27 bits per heavy atom. The molecule has 0 unspecified atom stereocenters. The van der Waals surface area contributed by atoms with Crippen molar-refractivity contribution >= 4 is 31.5 Å². The average molecular weight is 628 g/mol.